The molecule has 1 N–H and O–H groups in total. The lowest BCUT2D eigenvalue weighted by atomic mass is 9.68. The van der Waals surface area contributed by atoms with Crippen LogP contribution in [0.25, 0.3) is 0 Å². The molecule has 0 heterocycles. The number of aryl methyl sites for hydroxylation is 3. The highest BCUT2D eigenvalue weighted by Gasteiger charge is 2.32. The van der Waals surface area contributed by atoms with Gasteiger partial charge in [-0.15, -0.1) is 0 Å². The summed E-state index contributed by atoms with van der Waals surface area (Å²) in [5.74, 6) is 2.39. The molecule has 1 aromatic carbocycles. The molecule has 1 heteroatoms. The summed E-state index contributed by atoms with van der Waals surface area (Å²) in [7, 11) is 0. The van der Waals surface area contributed by atoms with E-state index in [-0.39, 0.29) is 0 Å². The van der Waals surface area contributed by atoms with E-state index in [2.05, 4.69) is 52.1 Å². The Hall–Kier alpha value is -0.820. The van der Waals surface area contributed by atoms with Crippen LogP contribution in [0, 0.1) is 32.6 Å². The molecule has 0 aromatic heterocycles. The van der Waals surface area contributed by atoms with E-state index in [0.717, 1.165) is 24.3 Å². The summed E-state index contributed by atoms with van der Waals surface area (Å²) < 4.78 is 0. The third-order valence-electron chi connectivity index (χ3n) is 4.66. The fourth-order valence-corrected chi connectivity index (χ4v) is 3.16. The van der Waals surface area contributed by atoms with Gasteiger partial charge in [0.2, 0.25) is 0 Å². The summed E-state index contributed by atoms with van der Waals surface area (Å²) in [6.45, 7) is 13.6. The first-order valence-electron chi connectivity index (χ1n) is 7.77. The molecule has 1 aliphatic carbocycles. The van der Waals surface area contributed by atoms with Crippen LogP contribution in [0.5, 0.6) is 0 Å². The average molecular weight is 259 g/mol. The van der Waals surface area contributed by atoms with Crippen LogP contribution in [-0.4, -0.2) is 13.1 Å². The van der Waals surface area contributed by atoms with E-state index in [9.17, 15) is 0 Å². The monoisotopic (exact) mass is 259 g/mol. The SMILES string of the molecule is Cc1cc(C)c(C2CCC2CNCC(C)C)cc1C. The first-order valence-corrected chi connectivity index (χ1v) is 7.77. The zero-order valence-electron chi connectivity index (χ0n) is 13.2. The molecule has 106 valence electrons. The molecule has 0 radical (unpaired) electrons. The highest BCUT2D eigenvalue weighted by atomic mass is 14.9. The molecule has 1 nitrogen and oxygen atoms in total. The lowest BCUT2D eigenvalue weighted by molar-refractivity contribution is 0.242. The van der Waals surface area contributed by atoms with Gasteiger partial charge in [0.05, 0.1) is 0 Å². The van der Waals surface area contributed by atoms with Gasteiger partial charge in [-0.05, 0) is 86.7 Å². The summed E-state index contributed by atoms with van der Waals surface area (Å²) in [6, 6.07) is 4.80. The molecule has 0 spiro atoms. The Labute approximate surface area is 118 Å². The Balaban J connectivity index is 2.00. The zero-order valence-corrected chi connectivity index (χ0v) is 13.2. The molecule has 1 aromatic rings. The van der Waals surface area contributed by atoms with Crippen LogP contribution in [0.2, 0.25) is 0 Å². The van der Waals surface area contributed by atoms with Gasteiger partial charge < -0.3 is 5.32 Å². The van der Waals surface area contributed by atoms with Gasteiger partial charge in [-0.3, -0.25) is 0 Å². The van der Waals surface area contributed by atoms with Crippen LogP contribution in [0.3, 0.4) is 0 Å². The second kappa shape index (κ2) is 6.09. The summed E-state index contributed by atoms with van der Waals surface area (Å²) in [4.78, 5) is 0. The Morgan fingerprint density at radius 3 is 2.32 bits per heavy atom. The summed E-state index contributed by atoms with van der Waals surface area (Å²) in [6.07, 6.45) is 2.76. The van der Waals surface area contributed by atoms with Crippen molar-refractivity contribution >= 4 is 0 Å². The maximum absolute atomic E-state index is 3.63. The van der Waals surface area contributed by atoms with E-state index in [1.807, 2.05) is 0 Å². The minimum absolute atomic E-state index is 0.752. The second-order valence-electron chi connectivity index (χ2n) is 6.79. The van der Waals surface area contributed by atoms with Crippen molar-refractivity contribution in [3.05, 3.63) is 34.4 Å². The van der Waals surface area contributed by atoms with Crippen molar-refractivity contribution in [3.8, 4) is 0 Å². The molecule has 0 aliphatic heterocycles. The van der Waals surface area contributed by atoms with Crippen molar-refractivity contribution in [2.75, 3.05) is 13.1 Å². The topological polar surface area (TPSA) is 12.0 Å². The predicted octanol–water partition coefficient (Wildman–Crippen LogP) is 4.35. The third-order valence-corrected chi connectivity index (χ3v) is 4.66. The van der Waals surface area contributed by atoms with Gasteiger partial charge in [0.1, 0.15) is 0 Å². The van der Waals surface area contributed by atoms with E-state index in [4.69, 9.17) is 0 Å². The summed E-state index contributed by atoms with van der Waals surface area (Å²) >= 11 is 0. The molecule has 0 saturated heterocycles. The number of hydrogen-bond donors (Lipinski definition) is 1. The van der Waals surface area contributed by atoms with Crippen LogP contribution in [0.1, 0.15) is 54.9 Å². The van der Waals surface area contributed by atoms with Crippen molar-refractivity contribution in [3.63, 3.8) is 0 Å². The molecule has 0 bridgehead atoms. The predicted molar refractivity (Wildman–Crippen MR) is 83.8 cm³/mol. The van der Waals surface area contributed by atoms with Crippen molar-refractivity contribution in [2.24, 2.45) is 11.8 Å². The van der Waals surface area contributed by atoms with Crippen LogP contribution < -0.4 is 5.32 Å². The molecular formula is C18H29N. The molecule has 19 heavy (non-hydrogen) atoms. The first kappa shape index (κ1) is 14.6. The minimum Gasteiger partial charge on any atom is -0.316 e. The molecule has 1 saturated carbocycles. The molecule has 2 atom stereocenters. The van der Waals surface area contributed by atoms with Gasteiger partial charge in [0.15, 0.2) is 0 Å². The second-order valence-corrected chi connectivity index (χ2v) is 6.79. The quantitative estimate of drug-likeness (QED) is 0.829. The van der Waals surface area contributed by atoms with E-state index in [1.165, 1.54) is 36.1 Å². The Bertz CT molecular complexity index is 434. The largest absolute Gasteiger partial charge is 0.316 e. The van der Waals surface area contributed by atoms with Gasteiger partial charge in [0, 0.05) is 0 Å². The van der Waals surface area contributed by atoms with Gasteiger partial charge in [0.25, 0.3) is 0 Å². The summed E-state index contributed by atoms with van der Waals surface area (Å²) in [5.41, 5.74) is 5.96. The van der Waals surface area contributed by atoms with Gasteiger partial charge in [-0.2, -0.15) is 0 Å². The fraction of sp³-hybridized carbons (Fsp3) is 0.667. The van der Waals surface area contributed by atoms with Crippen LogP contribution >= 0.6 is 0 Å². The number of benzene rings is 1. The smallest absolute Gasteiger partial charge is 0.00146 e. The normalized spacial score (nSPS) is 22.6. The molecule has 1 aliphatic rings. The Kier molecular flexibility index (Phi) is 4.67. The van der Waals surface area contributed by atoms with E-state index in [0.29, 0.717) is 0 Å². The van der Waals surface area contributed by atoms with Gasteiger partial charge in [-0.25, -0.2) is 0 Å². The number of nitrogens with one attached hydrogen (secondary N) is 1. The maximum Gasteiger partial charge on any atom is -0.00146 e. The summed E-state index contributed by atoms with van der Waals surface area (Å²) in [5, 5.41) is 3.63. The first-order chi connectivity index (χ1) is 8.99. The van der Waals surface area contributed by atoms with Crippen molar-refractivity contribution in [2.45, 2.75) is 53.4 Å². The van der Waals surface area contributed by atoms with Crippen molar-refractivity contribution in [1.82, 2.24) is 5.32 Å². The molecule has 2 unspecified atom stereocenters. The maximum atomic E-state index is 3.63. The lowest BCUT2D eigenvalue weighted by Crippen LogP contribution is -2.35. The Morgan fingerprint density at radius 1 is 1.05 bits per heavy atom. The van der Waals surface area contributed by atoms with Crippen LogP contribution in [-0.2, 0) is 0 Å². The average Bonchev–Trinajstić information content (AvgIpc) is 2.29. The van der Waals surface area contributed by atoms with Crippen molar-refractivity contribution < 1.29 is 0 Å². The van der Waals surface area contributed by atoms with E-state index in [1.54, 1.807) is 5.56 Å². The minimum atomic E-state index is 0.752. The standard InChI is InChI=1S/C18H29N/c1-12(2)10-19-11-16-6-7-17(16)18-9-14(4)13(3)8-15(18)5/h8-9,12,16-17,19H,6-7,10-11H2,1-5H3. The van der Waals surface area contributed by atoms with E-state index < -0.39 is 0 Å². The highest BCUT2D eigenvalue weighted by Crippen LogP contribution is 2.43. The Morgan fingerprint density at radius 2 is 1.74 bits per heavy atom. The fourth-order valence-electron chi connectivity index (χ4n) is 3.16. The zero-order chi connectivity index (χ0) is 14.0. The third kappa shape index (κ3) is 3.39. The molecule has 1 fully saturated rings. The van der Waals surface area contributed by atoms with Crippen LogP contribution in [0.15, 0.2) is 12.1 Å². The number of hydrogen-bond acceptors (Lipinski definition) is 1. The molecule has 0 amide bonds. The van der Waals surface area contributed by atoms with Gasteiger partial charge in [-0.1, -0.05) is 26.0 Å². The van der Waals surface area contributed by atoms with E-state index >= 15 is 0 Å². The van der Waals surface area contributed by atoms with Crippen LogP contribution in [0.4, 0.5) is 0 Å². The molecular weight excluding hydrogens is 230 g/mol. The number of rotatable bonds is 5. The lowest BCUT2D eigenvalue weighted by Gasteiger charge is -2.38. The van der Waals surface area contributed by atoms with Crippen molar-refractivity contribution in [1.29, 1.82) is 0 Å². The highest BCUT2D eigenvalue weighted by molar-refractivity contribution is 5.39. The molecule has 2 rings (SSSR count). The van der Waals surface area contributed by atoms with Gasteiger partial charge >= 0.3 is 0 Å².